The van der Waals surface area contributed by atoms with Crippen molar-refractivity contribution in [3.05, 3.63) is 53.3 Å². The predicted octanol–water partition coefficient (Wildman–Crippen LogP) is 2.64. The molecule has 2 atom stereocenters. The fourth-order valence-electron chi connectivity index (χ4n) is 4.02. The number of carbonyl (C=O) groups excluding carboxylic acids is 1. The van der Waals surface area contributed by atoms with Crippen molar-refractivity contribution in [2.45, 2.75) is 38.8 Å². The lowest BCUT2D eigenvalue weighted by molar-refractivity contribution is -0.119. The van der Waals surface area contributed by atoms with E-state index in [4.69, 9.17) is 5.73 Å². The quantitative estimate of drug-likeness (QED) is 0.788. The Kier molecular flexibility index (Phi) is 3.90. The smallest absolute Gasteiger partial charge is 0.225 e. The fourth-order valence-corrected chi connectivity index (χ4v) is 4.02. The molecule has 134 valence electrons. The van der Waals surface area contributed by atoms with Gasteiger partial charge in [0.1, 0.15) is 0 Å². The van der Waals surface area contributed by atoms with Crippen molar-refractivity contribution in [2.24, 2.45) is 12.8 Å². The second kappa shape index (κ2) is 6.12. The number of amides is 1. The molecule has 0 fully saturated rings. The van der Waals surface area contributed by atoms with E-state index < -0.39 is 0 Å². The third-order valence-electron chi connectivity index (χ3n) is 5.35. The zero-order chi connectivity index (χ0) is 18.4. The Labute approximate surface area is 152 Å². The number of carbonyl (C=O) groups is 1. The highest BCUT2D eigenvalue weighted by Gasteiger charge is 2.32. The number of primary amides is 1. The first-order valence-corrected chi connectivity index (χ1v) is 8.89. The van der Waals surface area contributed by atoms with Crippen LogP contribution in [0.25, 0.3) is 11.0 Å². The van der Waals surface area contributed by atoms with Gasteiger partial charge >= 0.3 is 0 Å². The van der Waals surface area contributed by atoms with E-state index in [1.165, 1.54) is 0 Å². The van der Waals surface area contributed by atoms with E-state index in [-0.39, 0.29) is 17.9 Å². The van der Waals surface area contributed by atoms with Crippen molar-refractivity contribution in [1.29, 1.82) is 0 Å². The second-order valence-corrected chi connectivity index (χ2v) is 7.15. The first-order valence-electron chi connectivity index (χ1n) is 8.89. The number of nitrogens with two attached hydrogens (primary N) is 1. The average Bonchev–Trinajstić information content (AvgIpc) is 2.90. The van der Waals surface area contributed by atoms with Gasteiger partial charge in [0.15, 0.2) is 5.65 Å². The molecule has 3 aromatic rings. The molecule has 6 nitrogen and oxygen atoms in total. The Hall–Kier alpha value is -2.89. The number of nitrogens with zero attached hydrogens (tertiary/aromatic N) is 4. The molecule has 6 heteroatoms. The number of rotatable bonds is 3. The van der Waals surface area contributed by atoms with Crippen LogP contribution in [-0.4, -0.2) is 26.7 Å². The molecule has 0 saturated carbocycles. The first-order chi connectivity index (χ1) is 12.5. The average molecular weight is 349 g/mol. The van der Waals surface area contributed by atoms with Crippen molar-refractivity contribution < 1.29 is 4.79 Å². The molecule has 1 aromatic carbocycles. The molecule has 0 saturated heterocycles. The fraction of sp³-hybridized carbons (Fsp3) is 0.350. The molecular formula is C20H23N5O. The topological polar surface area (TPSA) is 77.0 Å². The largest absolute Gasteiger partial charge is 0.369 e. The van der Waals surface area contributed by atoms with Gasteiger partial charge in [-0.3, -0.25) is 9.48 Å². The van der Waals surface area contributed by atoms with Crippen LogP contribution in [0, 0.1) is 6.92 Å². The summed E-state index contributed by atoms with van der Waals surface area (Å²) in [5.41, 5.74) is 10.8. The number of pyridine rings is 1. The van der Waals surface area contributed by atoms with Crippen molar-refractivity contribution in [2.75, 3.05) is 4.90 Å². The van der Waals surface area contributed by atoms with Gasteiger partial charge in [0.25, 0.3) is 0 Å². The molecule has 1 aliphatic heterocycles. The molecule has 0 unspecified atom stereocenters. The van der Waals surface area contributed by atoms with E-state index in [0.717, 1.165) is 46.5 Å². The number of aryl methyl sites for hydroxylation is 2. The first kappa shape index (κ1) is 16.6. The summed E-state index contributed by atoms with van der Waals surface area (Å²) in [7, 11) is 1.91. The molecule has 4 rings (SSSR count). The molecule has 26 heavy (non-hydrogen) atoms. The molecular weight excluding hydrogens is 326 g/mol. The Bertz CT molecular complexity index is 993. The lowest BCUT2D eigenvalue weighted by Gasteiger charge is -2.40. The lowest BCUT2D eigenvalue weighted by atomic mass is 9.85. The van der Waals surface area contributed by atoms with E-state index in [1.54, 1.807) is 0 Å². The standard InChI is InChI=1S/C20H23N5O/c1-12-8-17(19(21)26)15-6-4-5-7-18(15)25(12)11-14-9-16-13(2)23-24(3)20(16)22-10-14/h4-7,9-10,12,17H,8,11H2,1-3H3,(H2,21,26)/t12-,17-/m0/s1. The maximum Gasteiger partial charge on any atom is 0.225 e. The summed E-state index contributed by atoms with van der Waals surface area (Å²) in [6.45, 7) is 4.89. The molecule has 3 heterocycles. The SMILES string of the molecule is Cc1nn(C)c2ncc(CN3c4ccccc4[C@@H](C(N)=O)C[C@@H]3C)cc12. The van der Waals surface area contributed by atoms with Gasteiger partial charge < -0.3 is 10.6 Å². The molecule has 0 aliphatic carbocycles. The van der Waals surface area contributed by atoms with Gasteiger partial charge in [0, 0.05) is 36.9 Å². The monoisotopic (exact) mass is 349 g/mol. The highest BCUT2D eigenvalue weighted by molar-refractivity contribution is 5.85. The molecule has 2 aromatic heterocycles. The van der Waals surface area contributed by atoms with Gasteiger partial charge in [-0.2, -0.15) is 5.10 Å². The van der Waals surface area contributed by atoms with Crippen molar-refractivity contribution in [1.82, 2.24) is 14.8 Å². The minimum Gasteiger partial charge on any atom is -0.369 e. The third-order valence-corrected chi connectivity index (χ3v) is 5.35. The van der Waals surface area contributed by atoms with Crippen LogP contribution < -0.4 is 10.6 Å². The highest BCUT2D eigenvalue weighted by Crippen LogP contribution is 2.39. The summed E-state index contributed by atoms with van der Waals surface area (Å²) in [6, 6.07) is 10.4. The van der Waals surface area contributed by atoms with E-state index in [1.807, 2.05) is 43.0 Å². The van der Waals surface area contributed by atoms with Gasteiger partial charge in [-0.1, -0.05) is 18.2 Å². The van der Waals surface area contributed by atoms with Gasteiger partial charge in [-0.15, -0.1) is 0 Å². The second-order valence-electron chi connectivity index (χ2n) is 7.15. The zero-order valence-electron chi connectivity index (χ0n) is 15.3. The molecule has 2 N–H and O–H groups in total. The highest BCUT2D eigenvalue weighted by atomic mass is 16.1. The number of para-hydroxylation sites is 1. The van der Waals surface area contributed by atoms with E-state index in [9.17, 15) is 4.79 Å². The summed E-state index contributed by atoms with van der Waals surface area (Å²) >= 11 is 0. The summed E-state index contributed by atoms with van der Waals surface area (Å²) in [4.78, 5) is 18.8. The van der Waals surface area contributed by atoms with Crippen LogP contribution in [0.5, 0.6) is 0 Å². The van der Waals surface area contributed by atoms with E-state index >= 15 is 0 Å². The number of hydrogen-bond donors (Lipinski definition) is 1. The molecule has 0 bridgehead atoms. The maximum atomic E-state index is 11.9. The Morgan fingerprint density at radius 3 is 2.88 bits per heavy atom. The van der Waals surface area contributed by atoms with E-state index in [2.05, 4.69) is 34.0 Å². The van der Waals surface area contributed by atoms with Crippen LogP contribution in [0.1, 0.15) is 36.1 Å². The molecule has 0 radical (unpaired) electrons. The Balaban J connectivity index is 1.72. The Morgan fingerprint density at radius 1 is 1.35 bits per heavy atom. The summed E-state index contributed by atoms with van der Waals surface area (Å²) in [5.74, 6) is -0.475. The lowest BCUT2D eigenvalue weighted by Crippen LogP contribution is -2.41. The minimum atomic E-state index is -0.252. The van der Waals surface area contributed by atoms with Crippen LogP contribution in [0.15, 0.2) is 36.5 Å². The van der Waals surface area contributed by atoms with Gasteiger partial charge in [0.05, 0.1) is 11.6 Å². The van der Waals surface area contributed by atoms with Crippen molar-refractivity contribution in [3.63, 3.8) is 0 Å². The maximum absolute atomic E-state index is 11.9. The molecule has 1 aliphatic rings. The summed E-state index contributed by atoms with van der Waals surface area (Å²) in [6.07, 6.45) is 2.65. The minimum absolute atomic E-state index is 0.216. The van der Waals surface area contributed by atoms with Crippen LogP contribution in [0.3, 0.4) is 0 Å². The van der Waals surface area contributed by atoms with Gasteiger partial charge in [-0.05, 0) is 43.5 Å². The van der Waals surface area contributed by atoms with Crippen molar-refractivity contribution in [3.8, 4) is 0 Å². The number of anilines is 1. The van der Waals surface area contributed by atoms with Crippen LogP contribution in [0.2, 0.25) is 0 Å². The van der Waals surface area contributed by atoms with Gasteiger partial charge in [0.2, 0.25) is 5.91 Å². The Morgan fingerprint density at radius 2 is 2.12 bits per heavy atom. The van der Waals surface area contributed by atoms with Crippen LogP contribution in [0.4, 0.5) is 5.69 Å². The zero-order valence-corrected chi connectivity index (χ0v) is 15.3. The predicted molar refractivity (Wildman–Crippen MR) is 102 cm³/mol. The van der Waals surface area contributed by atoms with E-state index in [0.29, 0.717) is 0 Å². The number of fused-ring (bicyclic) bond motifs is 2. The van der Waals surface area contributed by atoms with Crippen molar-refractivity contribution >= 4 is 22.6 Å². The third kappa shape index (κ3) is 2.62. The van der Waals surface area contributed by atoms with Gasteiger partial charge in [-0.25, -0.2) is 4.98 Å². The normalized spacial score (nSPS) is 19.6. The van der Waals surface area contributed by atoms with Crippen LogP contribution in [-0.2, 0) is 18.4 Å². The summed E-state index contributed by atoms with van der Waals surface area (Å²) < 4.78 is 1.81. The number of aromatic nitrogens is 3. The number of benzene rings is 1. The summed E-state index contributed by atoms with van der Waals surface area (Å²) in [5, 5.41) is 5.53. The van der Waals surface area contributed by atoms with Crippen LogP contribution >= 0.6 is 0 Å². The molecule has 1 amide bonds. The molecule has 0 spiro atoms. The number of hydrogen-bond acceptors (Lipinski definition) is 4.